The number of nitrogens with zero attached hydrogens (tertiary/aromatic N) is 2. The molecule has 0 amide bonds. The first-order valence-electron chi connectivity index (χ1n) is 10.1. The summed E-state index contributed by atoms with van der Waals surface area (Å²) in [5, 5.41) is 11.3. The summed E-state index contributed by atoms with van der Waals surface area (Å²) < 4.78 is 76.6. The third-order valence-electron chi connectivity index (χ3n) is 5.33. The van der Waals surface area contributed by atoms with E-state index in [0.29, 0.717) is 23.7 Å². The van der Waals surface area contributed by atoms with E-state index in [2.05, 4.69) is 10.3 Å². The molecule has 1 aromatic heterocycles. The summed E-state index contributed by atoms with van der Waals surface area (Å²) in [5.74, 6) is 0.654. The molecule has 2 N–H and O–H groups in total. The molecule has 3 aromatic rings. The molecule has 0 radical (unpaired) electrons. The second kappa shape index (κ2) is 8.85. The van der Waals surface area contributed by atoms with Crippen LogP contribution < -0.4 is 10.2 Å². The van der Waals surface area contributed by atoms with Crippen molar-refractivity contribution in [2.24, 2.45) is 0 Å². The number of amidine groups is 1. The van der Waals surface area contributed by atoms with E-state index < -0.39 is 23.5 Å². The monoisotopic (exact) mass is 476 g/mol. The van der Waals surface area contributed by atoms with E-state index in [9.17, 15) is 26.3 Å². The van der Waals surface area contributed by atoms with Gasteiger partial charge >= 0.3 is 12.4 Å². The molecule has 1 aliphatic rings. The van der Waals surface area contributed by atoms with Gasteiger partial charge in [-0.15, -0.1) is 0 Å². The maximum Gasteiger partial charge on any atom is 0.416 e. The Morgan fingerprint density at radius 2 is 1.41 bits per heavy atom. The fourth-order valence-electron chi connectivity index (χ4n) is 3.56. The summed E-state index contributed by atoms with van der Waals surface area (Å²) in [6, 6.07) is 12.7. The normalized spacial score (nSPS) is 14.7. The van der Waals surface area contributed by atoms with Crippen LogP contribution in [0, 0.1) is 5.41 Å². The minimum absolute atomic E-state index is 0.228. The zero-order valence-electron chi connectivity index (χ0n) is 17.5. The molecular formula is C24H18F6N4. The van der Waals surface area contributed by atoms with Crippen molar-refractivity contribution in [2.75, 3.05) is 16.8 Å². The largest absolute Gasteiger partial charge is 0.416 e. The fraction of sp³-hybridized carbons (Fsp3) is 0.167. The zero-order chi connectivity index (χ0) is 24.5. The summed E-state index contributed by atoms with van der Waals surface area (Å²) in [5.41, 5.74) is 1.06. The summed E-state index contributed by atoms with van der Waals surface area (Å²) in [6.45, 7) is 0.309. The molecule has 0 atom stereocenters. The number of hydrogen-bond donors (Lipinski definition) is 2. The van der Waals surface area contributed by atoms with E-state index in [1.165, 1.54) is 24.3 Å². The first kappa shape index (κ1) is 23.3. The first-order valence-corrected chi connectivity index (χ1v) is 10.1. The Morgan fingerprint density at radius 3 is 1.97 bits per heavy atom. The molecule has 176 valence electrons. The van der Waals surface area contributed by atoms with Crippen LogP contribution in [0.5, 0.6) is 0 Å². The van der Waals surface area contributed by atoms with Gasteiger partial charge < -0.3 is 10.2 Å². The molecule has 0 spiro atoms. The summed E-state index contributed by atoms with van der Waals surface area (Å²) in [6.07, 6.45) is -5.15. The van der Waals surface area contributed by atoms with Crippen molar-refractivity contribution in [1.29, 1.82) is 5.41 Å². The Bertz CT molecular complexity index is 1210. The van der Waals surface area contributed by atoms with Crippen molar-refractivity contribution < 1.29 is 26.3 Å². The van der Waals surface area contributed by atoms with Gasteiger partial charge in [0.2, 0.25) is 0 Å². The fourth-order valence-corrected chi connectivity index (χ4v) is 3.56. The predicted molar refractivity (Wildman–Crippen MR) is 118 cm³/mol. The van der Waals surface area contributed by atoms with Crippen LogP contribution in [0.2, 0.25) is 0 Å². The number of alkyl halides is 6. The van der Waals surface area contributed by atoms with Gasteiger partial charge in [0.05, 0.1) is 11.1 Å². The number of aromatic nitrogens is 1. The Kier molecular flexibility index (Phi) is 6.07. The quantitative estimate of drug-likeness (QED) is 0.394. The average Bonchev–Trinajstić information content (AvgIpc) is 2.78. The highest BCUT2D eigenvalue weighted by Crippen LogP contribution is 2.33. The summed E-state index contributed by atoms with van der Waals surface area (Å²) >= 11 is 0. The molecule has 34 heavy (non-hydrogen) atoms. The van der Waals surface area contributed by atoms with Crippen molar-refractivity contribution in [3.8, 4) is 0 Å². The van der Waals surface area contributed by atoms with Crippen LogP contribution >= 0.6 is 0 Å². The van der Waals surface area contributed by atoms with E-state index >= 15 is 0 Å². The lowest BCUT2D eigenvalue weighted by Gasteiger charge is -2.29. The van der Waals surface area contributed by atoms with E-state index in [0.717, 1.165) is 35.4 Å². The molecule has 2 heterocycles. The number of rotatable bonds is 4. The van der Waals surface area contributed by atoms with Crippen molar-refractivity contribution >= 4 is 28.6 Å². The number of halogens is 6. The minimum atomic E-state index is -4.42. The van der Waals surface area contributed by atoms with Crippen LogP contribution in [-0.2, 0) is 12.4 Å². The molecule has 4 rings (SSSR count). The predicted octanol–water partition coefficient (Wildman–Crippen LogP) is 7.13. The molecule has 0 saturated carbocycles. The van der Waals surface area contributed by atoms with Crippen LogP contribution in [-0.4, -0.2) is 17.4 Å². The molecule has 0 aliphatic carbocycles. The molecule has 1 aliphatic heterocycles. The topological polar surface area (TPSA) is 52.0 Å². The molecule has 10 heteroatoms. The van der Waals surface area contributed by atoms with Gasteiger partial charge in [-0.05, 0) is 71.8 Å². The lowest BCUT2D eigenvalue weighted by Crippen LogP contribution is -2.33. The highest BCUT2D eigenvalue weighted by Gasteiger charge is 2.31. The summed E-state index contributed by atoms with van der Waals surface area (Å²) in [4.78, 5) is 5.81. The van der Waals surface area contributed by atoms with Crippen LogP contribution in [0.1, 0.15) is 23.1 Å². The zero-order valence-corrected chi connectivity index (χ0v) is 17.5. The van der Waals surface area contributed by atoms with Gasteiger partial charge in [-0.1, -0.05) is 6.08 Å². The number of hydrogen-bond acceptors (Lipinski definition) is 3. The molecule has 4 nitrogen and oxygen atoms in total. The highest BCUT2D eigenvalue weighted by atomic mass is 19.4. The second-order valence-corrected chi connectivity index (χ2v) is 7.64. The van der Waals surface area contributed by atoms with Gasteiger partial charge in [0.15, 0.2) is 0 Å². The number of nitrogens with one attached hydrogen (secondary N) is 2. The van der Waals surface area contributed by atoms with Crippen molar-refractivity contribution in [1.82, 2.24) is 4.98 Å². The maximum atomic E-state index is 12.8. The second-order valence-electron chi connectivity index (χ2n) is 7.64. The lowest BCUT2D eigenvalue weighted by atomic mass is 9.99. The highest BCUT2D eigenvalue weighted by molar-refractivity contribution is 6.04. The molecular weight excluding hydrogens is 458 g/mol. The standard InChI is InChI=1S/C24H18F6N4/c25-23(26,27)17-1-5-19(6-2-17)33-22-14-15(9-11-32-22)16-10-12-34(21(31)13-16)20-7-3-18(4-8-20)24(28,29)30/h1-11,14,31H,12-13H2,(H,32,33). The Balaban J connectivity index is 1.48. The van der Waals surface area contributed by atoms with Crippen LogP contribution in [0.4, 0.5) is 43.5 Å². The van der Waals surface area contributed by atoms with Crippen molar-refractivity contribution in [3.63, 3.8) is 0 Å². The number of pyridine rings is 1. The van der Waals surface area contributed by atoms with Crippen LogP contribution in [0.15, 0.2) is 72.9 Å². The van der Waals surface area contributed by atoms with Crippen molar-refractivity contribution in [3.05, 3.63) is 89.6 Å². The number of anilines is 3. The Hall–Kier alpha value is -3.82. The third kappa shape index (κ3) is 5.22. The Labute approximate surface area is 191 Å². The average molecular weight is 476 g/mol. The van der Waals surface area contributed by atoms with Gasteiger partial charge in [0, 0.05) is 30.5 Å². The van der Waals surface area contributed by atoms with Crippen LogP contribution in [0.25, 0.3) is 5.57 Å². The van der Waals surface area contributed by atoms with Gasteiger partial charge in [-0.3, -0.25) is 5.41 Å². The molecule has 0 saturated heterocycles. The van der Waals surface area contributed by atoms with E-state index in [4.69, 9.17) is 5.41 Å². The summed E-state index contributed by atoms with van der Waals surface area (Å²) in [7, 11) is 0. The van der Waals surface area contributed by atoms with Crippen molar-refractivity contribution in [2.45, 2.75) is 18.8 Å². The SMILES string of the molecule is N=C1CC(c2ccnc(Nc3ccc(C(F)(F)F)cc3)c2)=CCN1c1ccc(C(F)(F)F)cc1. The Morgan fingerprint density at radius 1 is 0.824 bits per heavy atom. The molecule has 0 fully saturated rings. The molecule has 0 unspecified atom stereocenters. The molecule has 2 aromatic carbocycles. The minimum Gasteiger partial charge on any atom is -0.340 e. The van der Waals surface area contributed by atoms with Gasteiger partial charge in [-0.25, -0.2) is 4.98 Å². The van der Waals surface area contributed by atoms with E-state index in [1.807, 2.05) is 6.08 Å². The smallest absolute Gasteiger partial charge is 0.340 e. The lowest BCUT2D eigenvalue weighted by molar-refractivity contribution is -0.138. The third-order valence-corrected chi connectivity index (χ3v) is 5.33. The molecule has 0 bridgehead atoms. The first-order chi connectivity index (χ1) is 16.0. The maximum absolute atomic E-state index is 12.8. The number of benzene rings is 2. The van der Waals surface area contributed by atoms with Gasteiger partial charge in [0.25, 0.3) is 0 Å². The van der Waals surface area contributed by atoms with E-state index in [-0.39, 0.29) is 12.3 Å². The van der Waals surface area contributed by atoms with Gasteiger partial charge in [-0.2, -0.15) is 26.3 Å². The van der Waals surface area contributed by atoms with E-state index in [1.54, 1.807) is 23.2 Å². The van der Waals surface area contributed by atoms with Gasteiger partial charge in [0.1, 0.15) is 11.7 Å². The van der Waals surface area contributed by atoms with Crippen LogP contribution in [0.3, 0.4) is 0 Å².